The second-order valence-corrected chi connectivity index (χ2v) is 6.87. The molecule has 2 atom stereocenters. The predicted molar refractivity (Wildman–Crippen MR) is 85.0 cm³/mol. The van der Waals surface area contributed by atoms with E-state index in [1.807, 2.05) is 6.07 Å². The molecular weight excluding hydrogens is 296 g/mol. The smallest absolute Gasteiger partial charge is 0.248 e. The van der Waals surface area contributed by atoms with E-state index in [0.29, 0.717) is 6.61 Å². The second kappa shape index (κ2) is 7.03. The molecule has 23 heavy (non-hydrogen) atoms. The molecule has 1 amide bonds. The van der Waals surface area contributed by atoms with E-state index >= 15 is 0 Å². The van der Waals surface area contributed by atoms with Gasteiger partial charge in [-0.1, -0.05) is 0 Å². The Balaban J connectivity index is 1.50. The van der Waals surface area contributed by atoms with Crippen molar-refractivity contribution in [1.29, 1.82) is 0 Å². The van der Waals surface area contributed by atoms with Crippen molar-refractivity contribution in [3.8, 4) is 0 Å². The Hall–Kier alpha value is -1.37. The van der Waals surface area contributed by atoms with Crippen molar-refractivity contribution in [3.05, 3.63) is 24.2 Å². The highest BCUT2D eigenvalue weighted by atomic mass is 16.6. The molecule has 0 N–H and O–H groups in total. The van der Waals surface area contributed by atoms with Crippen LogP contribution >= 0.6 is 0 Å². The minimum absolute atomic E-state index is 0.00354. The van der Waals surface area contributed by atoms with Crippen molar-refractivity contribution in [2.45, 2.75) is 37.5 Å². The van der Waals surface area contributed by atoms with Crippen LogP contribution in [0.3, 0.4) is 0 Å². The molecule has 0 saturated carbocycles. The Morgan fingerprint density at radius 1 is 1.52 bits per heavy atom. The van der Waals surface area contributed by atoms with Gasteiger partial charge in [0.05, 0.1) is 30.8 Å². The summed E-state index contributed by atoms with van der Waals surface area (Å²) in [6.07, 6.45) is 6.60. The zero-order chi connectivity index (χ0) is 16.3. The van der Waals surface area contributed by atoms with Gasteiger partial charge in [0.25, 0.3) is 0 Å². The molecule has 6 heteroatoms. The van der Waals surface area contributed by atoms with Gasteiger partial charge in [0.2, 0.25) is 5.91 Å². The third-order valence-corrected chi connectivity index (χ3v) is 4.72. The number of furan rings is 1. The van der Waals surface area contributed by atoms with Gasteiger partial charge >= 0.3 is 0 Å². The van der Waals surface area contributed by atoms with Crippen LogP contribution in [0.25, 0.3) is 0 Å². The van der Waals surface area contributed by atoms with Gasteiger partial charge in [0.1, 0.15) is 6.61 Å². The van der Waals surface area contributed by atoms with E-state index in [4.69, 9.17) is 13.9 Å². The fourth-order valence-electron chi connectivity index (χ4n) is 3.48. The molecule has 2 aliphatic rings. The third-order valence-electron chi connectivity index (χ3n) is 4.72. The lowest BCUT2D eigenvalue weighted by atomic mass is 9.89. The highest BCUT2D eigenvalue weighted by Gasteiger charge is 2.44. The summed E-state index contributed by atoms with van der Waals surface area (Å²) >= 11 is 0. The number of likely N-dealkylation sites (N-methyl/N-ethyl adjacent to an activating group) is 1. The van der Waals surface area contributed by atoms with Crippen LogP contribution in [0.1, 0.15) is 24.8 Å². The normalized spacial score (nSPS) is 28.3. The first kappa shape index (κ1) is 16.5. The van der Waals surface area contributed by atoms with E-state index < -0.39 is 0 Å². The summed E-state index contributed by atoms with van der Waals surface area (Å²) in [6, 6.07) is 2.01. The van der Waals surface area contributed by atoms with Gasteiger partial charge in [-0.3, -0.25) is 9.69 Å². The molecule has 2 aliphatic heterocycles. The van der Waals surface area contributed by atoms with Crippen LogP contribution in [-0.4, -0.2) is 67.8 Å². The lowest BCUT2D eigenvalue weighted by molar-refractivity contribution is -0.135. The van der Waals surface area contributed by atoms with E-state index in [9.17, 15) is 4.79 Å². The van der Waals surface area contributed by atoms with Crippen molar-refractivity contribution in [3.63, 3.8) is 0 Å². The Labute approximate surface area is 137 Å². The van der Waals surface area contributed by atoms with Gasteiger partial charge in [-0.25, -0.2) is 0 Å². The van der Waals surface area contributed by atoms with E-state index in [-0.39, 0.29) is 24.2 Å². The van der Waals surface area contributed by atoms with Gasteiger partial charge in [-0.15, -0.1) is 0 Å². The Bertz CT molecular complexity index is 517. The molecule has 128 valence electrons. The summed E-state index contributed by atoms with van der Waals surface area (Å²) in [5.74, 6) is -0.00354. The number of rotatable bonds is 5. The van der Waals surface area contributed by atoms with E-state index in [1.165, 1.54) is 5.56 Å². The molecule has 3 rings (SSSR count). The van der Waals surface area contributed by atoms with Crippen LogP contribution in [0, 0.1) is 0 Å². The van der Waals surface area contributed by atoms with Crippen LogP contribution in [0.4, 0.5) is 0 Å². The summed E-state index contributed by atoms with van der Waals surface area (Å²) in [7, 11) is 3.49. The van der Waals surface area contributed by atoms with Crippen molar-refractivity contribution in [1.82, 2.24) is 9.80 Å². The predicted octanol–water partition coefficient (Wildman–Crippen LogP) is 1.51. The Kier molecular flexibility index (Phi) is 5.04. The van der Waals surface area contributed by atoms with Gasteiger partial charge in [0, 0.05) is 39.2 Å². The molecule has 0 unspecified atom stereocenters. The number of piperidine rings is 1. The zero-order valence-electron chi connectivity index (χ0n) is 14.0. The SMILES string of the molecule is CN(C)C(=O)CO[C@H]1CO[C@@]2(CCCN(Cc3ccoc3)C2)C1. The van der Waals surface area contributed by atoms with E-state index in [0.717, 1.165) is 38.9 Å². The summed E-state index contributed by atoms with van der Waals surface area (Å²) in [5.41, 5.74) is 1.08. The molecule has 0 bridgehead atoms. The van der Waals surface area contributed by atoms with E-state index in [2.05, 4.69) is 4.90 Å². The zero-order valence-corrected chi connectivity index (χ0v) is 14.0. The lowest BCUT2D eigenvalue weighted by Gasteiger charge is -2.39. The number of hydrogen-bond acceptors (Lipinski definition) is 5. The highest BCUT2D eigenvalue weighted by Crippen LogP contribution is 2.36. The van der Waals surface area contributed by atoms with Gasteiger partial charge in [0.15, 0.2) is 0 Å². The fourth-order valence-corrected chi connectivity index (χ4v) is 3.48. The molecule has 1 aromatic rings. The largest absolute Gasteiger partial charge is 0.472 e. The quantitative estimate of drug-likeness (QED) is 0.822. The first-order valence-corrected chi connectivity index (χ1v) is 8.25. The Morgan fingerprint density at radius 3 is 3.13 bits per heavy atom. The molecule has 0 aliphatic carbocycles. The van der Waals surface area contributed by atoms with Crippen molar-refractivity contribution < 1.29 is 18.7 Å². The molecule has 2 fully saturated rings. The molecule has 6 nitrogen and oxygen atoms in total. The van der Waals surface area contributed by atoms with Gasteiger partial charge < -0.3 is 18.8 Å². The van der Waals surface area contributed by atoms with Crippen LogP contribution in [0.15, 0.2) is 23.0 Å². The van der Waals surface area contributed by atoms with Crippen molar-refractivity contribution >= 4 is 5.91 Å². The third kappa shape index (κ3) is 4.13. The van der Waals surface area contributed by atoms with Gasteiger partial charge in [-0.05, 0) is 25.5 Å². The van der Waals surface area contributed by atoms with Crippen molar-refractivity contribution in [2.75, 3.05) is 40.4 Å². The molecule has 0 radical (unpaired) electrons. The molecule has 1 spiro atoms. The number of carbonyl (C=O) groups is 1. The molecule has 1 aromatic heterocycles. The maximum absolute atomic E-state index is 11.6. The summed E-state index contributed by atoms with van der Waals surface area (Å²) in [4.78, 5) is 15.6. The summed E-state index contributed by atoms with van der Waals surface area (Å²) < 4.78 is 17.0. The maximum Gasteiger partial charge on any atom is 0.248 e. The highest BCUT2D eigenvalue weighted by molar-refractivity contribution is 5.76. The molecule has 2 saturated heterocycles. The average Bonchev–Trinajstić information content (AvgIpc) is 3.15. The maximum atomic E-state index is 11.6. The summed E-state index contributed by atoms with van der Waals surface area (Å²) in [5, 5.41) is 0. The number of hydrogen-bond donors (Lipinski definition) is 0. The molecular formula is C17H26N2O4. The topological polar surface area (TPSA) is 55.2 Å². The van der Waals surface area contributed by atoms with Crippen molar-refractivity contribution in [2.24, 2.45) is 0 Å². The monoisotopic (exact) mass is 322 g/mol. The first-order valence-electron chi connectivity index (χ1n) is 8.25. The van der Waals surface area contributed by atoms with Gasteiger partial charge in [-0.2, -0.15) is 0 Å². The number of nitrogens with zero attached hydrogens (tertiary/aromatic N) is 2. The van der Waals surface area contributed by atoms with Crippen LogP contribution in [-0.2, 0) is 20.8 Å². The minimum atomic E-state index is -0.117. The van der Waals surface area contributed by atoms with Crippen LogP contribution in [0.2, 0.25) is 0 Å². The fraction of sp³-hybridized carbons (Fsp3) is 0.706. The first-order chi connectivity index (χ1) is 11.1. The number of ether oxygens (including phenoxy) is 2. The Morgan fingerprint density at radius 2 is 2.39 bits per heavy atom. The van der Waals surface area contributed by atoms with E-state index in [1.54, 1.807) is 31.5 Å². The minimum Gasteiger partial charge on any atom is -0.472 e. The lowest BCUT2D eigenvalue weighted by Crippen LogP contribution is -2.47. The average molecular weight is 322 g/mol. The molecule has 0 aromatic carbocycles. The molecule has 3 heterocycles. The van der Waals surface area contributed by atoms with Crippen LogP contribution in [0.5, 0.6) is 0 Å². The standard InChI is InChI=1S/C17H26N2O4/c1-18(2)16(20)12-22-15-8-17(23-11-15)5-3-6-19(13-17)9-14-4-7-21-10-14/h4,7,10,15H,3,5-6,8-9,11-13H2,1-2H3/t15-,17+/m1/s1. The second-order valence-electron chi connectivity index (χ2n) is 6.87. The van der Waals surface area contributed by atoms with Crippen LogP contribution < -0.4 is 0 Å². The number of carbonyl (C=O) groups excluding carboxylic acids is 1. The summed E-state index contributed by atoms with van der Waals surface area (Å²) in [6.45, 7) is 3.61. The number of likely N-dealkylation sites (tertiary alicyclic amines) is 1. The number of amides is 1.